The molecule has 0 unspecified atom stereocenters. The summed E-state index contributed by atoms with van der Waals surface area (Å²) in [6.07, 6.45) is 3.34. The second kappa shape index (κ2) is 4.95. The molecule has 3 aliphatic rings. The Kier molecular flexibility index (Phi) is 4.28. The molecule has 3 aliphatic heterocycles. The van der Waals surface area contributed by atoms with E-state index in [2.05, 4.69) is 4.90 Å². The molecule has 0 spiro atoms. The van der Waals surface area contributed by atoms with Crippen molar-refractivity contribution in [3.8, 4) is 0 Å². The van der Waals surface area contributed by atoms with Gasteiger partial charge in [-0.3, -0.25) is 4.79 Å². The van der Waals surface area contributed by atoms with Crippen LogP contribution in [0.1, 0.15) is 26.2 Å². The van der Waals surface area contributed by atoms with Crippen molar-refractivity contribution in [1.82, 2.24) is 4.90 Å². The van der Waals surface area contributed by atoms with E-state index in [0.717, 1.165) is 38.9 Å². The number of hydrogen-bond donors (Lipinski definition) is 0. The van der Waals surface area contributed by atoms with Gasteiger partial charge in [0.25, 0.3) is 0 Å². The summed E-state index contributed by atoms with van der Waals surface area (Å²) in [7, 11) is -4.94. The smallest absolute Gasteiger partial charge is 0.136 e. The van der Waals surface area contributed by atoms with Gasteiger partial charge in [0, 0.05) is 5.41 Å². The van der Waals surface area contributed by atoms with Crippen molar-refractivity contribution >= 4 is 5.78 Å². The lowest BCUT2D eigenvalue weighted by molar-refractivity contribution is -2.00. The Morgan fingerprint density at radius 1 is 1.06 bits per heavy atom. The van der Waals surface area contributed by atoms with Crippen molar-refractivity contribution in [1.29, 1.82) is 0 Å². The third kappa shape index (κ3) is 3.97. The first-order valence-electron chi connectivity index (χ1n) is 5.08. The largest absolute Gasteiger partial charge is 0.303 e. The predicted octanol–water partition coefficient (Wildman–Crippen LogP) is -3.69. The van der Waals surface area contributed by atoms with Crippen molar-refractivity contribution in [2.75, 3.05) is 19.6 Å². The summed E-state index contributed by atoms with van der Waals surface area (Å²) in [6.45, 7) is 5.22. The van der Waals surface area contributed by atoms with Crippen molar-refractivity contribution in [3.05, 3.63) is 0 Å². The zero-order valence-electron chi connectivity index (χ0n) is 9.11. The molecule has 3 fully saturated rings. The van der Waals surface area contributed by atoms with Crippen LogP contribution in [0.2, 0.25) is 0 Å². The van der Waals surface area contributed by atoms with Crippen molar-refractivity contribution in [2.24, 2.45) is 5.41 Å². The zero-order chi connectivity index (χ0) is 12.4. The molecule has 0 saturated carbocycles. The van der Waals surface area contributed by atoms with Gasteiger partial charge < -0.3 is 4.90 Å². The van der Waals surface area contributed by atoms with E-state index in [1.807, 2.05) is 0 Å². The van der Waals surface area contributed by atoms with E-state index in [-0.39, 0.29) is 5.41 Å². The van der Waals surface area contributed by atoms with Crippen molar-refractivity contribution < 1.29 is 33.7 Å². The lowest BCUT2D eigenvalue weighted by atomic mass is 9.69. The molecule has 3 heterocycles. The second-order valence-corrected chi connectivity index (χ2v) is 5.06. The molecule has 16 heavy (non-hydrogen) atoms. The maximum atomic E-state index is 11.4. The Morgan fingerprint density at radius 2 is 1.38 bits per heavy atom. The molecular formula is C9H15ClNO5-. The van der Waals surface area contributed by atoms with E-state index < -0.39 is 10.2 Å². The third-order valence-electron chi connectivity index (χ3n) is 3.47. The number of rotatable bonds is 1. The first-order chi connectivity index (χ1) is 7.23. The molecule has 2 bridgehead atoms. The molecule has 3 saturated heterocycles. The minimum atomic E-state index is -4.94. The van der Waals surface area contributed by atoms with E-state index in [4.69, 9.17) is 18.6 Å². The fraction of sp³-hybridized carbons (Fsp3) is 0.889. The second-order valence-electron chi connectivity index (χ2n) is 4.31. The minimum Gasteiger partial charge on any atom is -0.303 e. The van der Waals surface area contributed by atoms with Gasteiger partial charge in [0.05, 0.1) is 0 Å². The van der Waals surface area contributed by atoms with Crippen LogP contribution in [0.3, 0.4) is 0 Å². The predicted molar refractivity (Wildman–Crippen MR) is 43.4 cm³/mol. The van der Waals surface area contributed by atoms with Crippen LogP contribution in [0.25, 0.3) is 0 Å². The number of piperidine rings is 3. The summed E-state index contributed by atoms with van der Waals surface area (Å²) < 4.78 is 34.0. The molecule has 94 valence electrons. The molecule has 0 aromatic rings. The Bertz CT molecular complexity index is 237. The molecule has 6 nitrogen and oxygen atoms in total. The summed E-state index contributed by atoms with van der Waals surface area (Å²) in [4.78, 5) is 13.8. The number of halogens is 1. The normalized spacial score (nSPS) is 32.9. The van der Waals surface area contributed by atoms with Crippen molar-refractivity contribution in [3.63, 3.8) is 0 Å². The first-order valence-corrected chi connectivity index (χ1v) is 6.32. The topological polar surface area (TPSA) is 113 Å². The number of hydrogen-bond acceptors (Lipinski definition) is 6. The summed E-state index contributed by atoms with van der Waals surface area (Å²) in [5.41, 5.74) is 0.106. The highest BCUT2D eigenvalue weighted by atomic mass is 35.7. The van der Waals surface area contributed by atoms with Gasteiger partial charge in [0.2, 0.25) is 0 Å². The average Bonchev–Trinajstić information content (AvgIpc) is 2.18. The molecule has 0 atom stereocenters. The number of Topliss-reactive ketones (excluding diaryl/α,β-unsaturated/α-hetero) is 1. The highest BCUT2D eigenvalue weighted by molar-refractivity contribution is 5.82. The number of fused-ring (bicyclic) bond motifs is 3. The summed E-state index contributed by atoms with van der Waals surface area (Å²) in [5.74, 6) is 0.428. The molecule has 0 amide bonds. The van der Waals surface area contributed by atoms with Gasteiger partial charge in [-0.25, -0.2) is 18.6 Å². The number of nitrogens with zero attached hydrogens (tertiary/aromatic N) is 1. The van der Waals surface area contributed by atoms with Crippen LogP contribution in [-0.2, 0) is 4.79 Å². The summed E-state index contributed by atoms with van der Waals surface area (Å²) >= 11 is 0. The van der Waals surface area contributed by atoms with E-state index >= 15 is 0 Å². The number of ketones is 1. The lowest BCUT2D eigenvalue weighted by Crippen LogP contribution is -2.68. The lowest BCUT2D eigenvalue weighted by Gasteiger charge is -2.46. The maximum Gasteiger partial charge on any atom is 0.136 e. The van der Waals surface area contributed by atoms with Gasteiger partial charge >= 0.3 is 0 Å². The molecule has 3 rings (SSSR count). The Labute approximate surface area is 96.2 Å². The third-order valence-corrected chi connectivity index (χ3v) is 3.47. The van der Waals surface area contributed by atoms with E-state index in [1.54, 1.807) is 6.92 Å². The first kappa shape index (κ1) is 13.8. The standard InChI is InChI=1S/C9H15NO.ClHO4/c1-8(11)9-2-5-10(6-3-9)7-4-9;2-1(3,4)5/h2-7H2,1H3;(H,2,3,4,5)/p-1. The Morgan fingerprint density at radius 3 is 1.56 bits per heavy atom. The minimum absolute atomic E-state index is 0.106. The van der Waals surface area contributed by atoms with Gasteiger partial charge in [-0.2, -0.15) is 0 Å². The Hall–Kier alpha value is -0.240. The van der Waals surface area contributed by atoms with Crippen LogP contribution in [0.5, 0.6) is 0 Å². The van der Waals surface area contributed by atoms with Crippen LogP contribution in [0.15, 0.2) is 0 Å². The molecule has 0 N–H and O–H groups in total. The van der Waals surface area contributed by atoms with Gasteiger partial charge in [0.1, 0.15) is 5.78 Å². The fourth-order valence-electron chi connectivity index (χ4n) is 2.35. The van der Waals surface area contributed by atoms with Crippen LogP contribution in [0.4, 0.5) is 0 Å². The fourth-order valence-corrected chi connectivity index (χ4v) is 2.35. The monoisotopic (exact) mass is 252 g/mol. The SMILES string of the molecule is CC(=O)C12CCN(CC1)CC2.[O-][Cl+3]([O-])([O-])[O-]. The maximum absolute atomic E-state index is 11.4. The Balaban J connectivity index is 0.000000221. The summed E-state index contributed by atoms with van der Waals surface area (Å²) in [6, 6.07) is 0. The van der Waals surface area contributed by atoms with E-state index in [0.29, 0.717) is 5.78 Å². The van der Waals surface area contributed by atoms with Gasteiger partial charge in [-0.05, 0) is 45.8 Å². The van der Waals surface area contributed by atoms with Gasteiger partial charge in [-0.15, -0.1) is 10.2 Å². The van der Waals surface area contributed by atoms with Crippen LogP contribution < -0.4 is 18.6 Å². The zero-order valence-corrected chi connectivity index (χ0v) is 9.86. The molecule has 0 radical (unpaired) electrons. The van der Waals surface area contributed by atoms with Gasteiger partial charge in [-0.1, -0.05) is 0 Å². The van der Waals surface area contributed by atoms with Crippen LogP contribution >= 0.6 is 0 Å². The number of carbonyl (C=O) groups excluding carboxylic acids is 1. The van der Waals surface area contributed by atoms with Crippen LogP contribution in [-0.4, -0.2) is 30.3 Å². The highest BCUT2D eigenvalue weighted by Gasteiger charge is 2.42. The molecule has 7 heteroatoms. The highest BCUT2D eigenvalue weighted by Crippen LogP contribution is 2.40. The number of carbonyl (C=O) groups is 1. The van der Waals surface area contributed by atoms with Gasteiger partial charge in [0.15, 0.2) is 0 Å². The molecule has 0 aromatic carbocycles. The molecular weight excluding hydrogens is 238 g/mol. The van der Waals surface area contributed by atoms with Crippen molar-refractivity contribution in [2.45, 2.75) is 26.2 Å². The molecule has 0 aromatic heterocycles. The molecule has 0 aliphatic carbocycles. The van der Waals surface area contributed by atoms with Crippen LogP contribution in [0, 0.1) is 15.7 Å². The summed E-state index contributed by atoms with van der Waals surface area (Å²) in [5, 5.41) is 0. The van der Waals surface area contributed by atoms with E-state index in [9.17, 15) is 4.79 Å². The quantitative estimate of drug-likeness (QED) is 0.475. The average molecular weight is 253 g/mol. The van der Waals surface area contributed by atoms with E-state index in [1.165, 1.54) is 0 Å².